The van der Waals surface area contributed by atoms with E-state index in [1.165, 1.54) is 0 Å². The second kappa shape index (κ2) is 4.45. The van der Waals surface area contributed by atoms with Crippen molar-refractivity contribution in [2.45, 2.75) is 25.4 Å². The molecule has 90 valence electrons. The van der Waals surface area contributed by atoms with Gasteiger partial charge in [0.15, 0.2) is 0 Å². The van der Waals surface area contributed by atoms with Gasteiger partial charge in [0.1, 0.15) is 0 Å². The third-order valence-electron chi connectivity index (χ3n) is 2.96. The van der Waals surface area contributed by atoms with Gasteiger partial charge in [0.2, 0.25) is 5.91 Å². The number of hydrogen-bond acceptors (Lipinski definition) is 2. The summed E-state index contributed by atoms with van der Waals surface area (Å²) in [6.45, 7) is 1.94. The van der Waals surface area contributed by atoms with Crippen molar-refractivity contribution in [2.24, 2.45) is 0 Å². The van der Waals surface area contributed by atoms with E-state index in [0.29, 0.717) is 0 Å². The predicted octanol–water partition coefficient (Wildman–Crippen LogP) is 1.19. The zero-order valence-electron chi connectivity index (χ0n) is 9.43. The Hall–Kier alpha value is -2.04. The van der Waals surface area contributed by atoms with Crippen molar-refractivity contribution >= 4 is 12.0 Å². The molecule has 1 aliphatic heterocycles. The van der Waals surface area contributed by atoms with Gasteiger partial charge in [-0.3, -0.25) is 4.79 Å². The second-order valence-corrected chi connectivity index (χ2v) is 4.16. The Kier molecular flexibility index (Phi) is 2.99. The fourth-order valence-corrected chi connectivity index (χ4v) is 2.17. The molecule has 1 saturated heterocycles. The molecular weight excluding hydrogens is 220 g/mol. The summed E-state index contributed by atoms with van der Waals surface area (Å²) in [7, 11) is 0. The summed E-state index contributed by atoms with van der Waals surface area (Å²) in [5.74, 6) is -0.128. The van der Waals surface area contributed by atoms with Gasteiger partial charge >= 0.3 is 6.09 Å². The molecule has 0 saturated carbocycles. The number of benzene rings is 1. The van der Waals surface area contributed by atoms with E-state index in [4.69, 9.17) is 5.11 Å². The molecule has 1 aromatic carbocycles. The van der Waals surface area contributed by atoms with E-state index < -0.39 is 12.1 Å². The van der Waals surface area contributed by atoms with Crippen LogP contribution in [0.2, 0.25) is 0 Å². The fraction of sp³-hybridized carbons (Fsp3) is 0.333. The molecule has 0 aromatic heterocycles. The van der Waals surface area contributed by atoms with Gasteiger partial charge in [-0.25, -0.2) is 4.79 Å². The van der Waals surface area contributed by atoms with Gasteiger partial charge in [0.05, 0.1) is 12.1 Å². The molecule has 5 nitrogen and oxygen atoms in total. The molecule has 2 amide bonds. The van der Waals surface area contributed by atoms with Crippen molar-refractivity contribution in [3.8, 4) is 0 Å². The van der Waals surface area contributed by atoms with E-state index in [9.17, 15) is 9.59 Å². The van der Waals surface area contributed by atoms with Crippen LogP contribution in [0.5, 0.6) is 0 Å². The lowest BCUT2D eigenvalue weighted by Crippen LogP contribution is -2.37. The standard InChI is InChI=1S/C12H14N2O3/c1-7-4-2-3-5-8(7)11-9(13-12(16)17)6-10(15)14-11/h2-5,9,11,13H,6H2,1H3,(H,14,15)(H,16,17). The first-order valence-corrected chi connectivity index (χ1v) is 5.42. The molecule has 1 aliphatic rings. The molecule has 1 heterocycles. The highest BCUT2D eigenvalue weighted by Crippen LogP contribution is 2.26. The van der Waals surface area contributed by atoms with Crippen molar-refractivity contribution in [1.29, 1.82) is 0 Å². The smallest absolute Gasteiger partial charge is 0.404 e. The summed E-state index contributed by atoms with van der Waals surface area (Å²) in [5, 5.41) is 13.9. The Bertz CT molecular complexity index is 459. The zero-order valence-corrected chi connectivity index (χ0v) is 9.43. The Morgan fingerprint density at radius 2 is 2.18 bits per heavy atom. The van der Waals surface area contributed by atoms with Crippen LogP contribution in [0, 0.1) is 6.92 Å². The minimum atomic E-state index is -1.11. The molecule has 0 bridgehead atoms. The molecule has 1 fully saturated rings. The third-order valence-corrected chi connectivity index (χ3v) is 2.96. The normalized spacial score (nSPS) is 23.2. The topological polar surface area (TPSA) is 78.4 Å². The summed E-state index contributed by atoms with van der Waals surface area (Å²) in [6, 6.07) is 6.96. The van der Waals surface area contributed by atoms with E-state index >= 15 is 0 Å². The van der Waals surface area contributed by atoms with Gasteiger partial charge in [-0.05, 0) is 18.1 Å². The Balaban J connectivity index is 2.27. The van der Waals surface area contributed by atoms with Crippen molar-refractivity contribution in [1.82, 2.24) is 10.6 Å². The maximum Gasteiger partial charge on any atom is 0.404 e. The molecule has 2 rings (SSSR count). The average Bonchev–Trinajstić information content (AvgIpc) is 2.59. The number of carboxylic acid groups (broad SMARTS) is 1. The van der Waals surface area contributed by atoms with E-state index in [1.807, 2.05) is 31.2 Å². The summed E-state index contributed by atoms with van der Waals surface area (Å²) < 4.78 is 0. The van der Waals surface area contributed by atoms with Crippen LogP contribution in [-0.4, -0.2) is 23.1 Å². The molecule has 0 radical (unpaired) electrons. The number of rotatable bonds is 2. The molecule has 2 atom stereocenters. The number of amides is 2. The van der Waals surface area contributed by atoms with Crippen LogP contribution in [0.1, 0.15) is 23.6 Å². The maximum absolute atomic E-state index is 11.4. The Morgan fingerprint density at radius 3 is 2.82 bits per heavy atom. The van der Waals surface area contributed by atoms with E-state index in [0.717, 1.165) is 11.1 Å². The fourth-order valence-electron chi connectivity index (χ4n) is 2.17. The zero-order chi connectivity index (χ0) is 12.4. The third kappa shape index (κ3) is 2.38. The highest BCUT2D eigenvalue weighted by molar-refractivity contribution is 5.81. The van der Waals surface area contributed by atoms with Crippen LogP contribution in [0.3, 0.4) is 0 Å². The lowest BCUT2D eigenvalue weighted by atomic mass is 9.97. The van der Waals surface area contributed by atoms with E-state index in [2.05, 4.69) is 10.6 Å². The average molecular weight is 234 g/mol. The first kappa shape index (κ1) is 11.4. The lowest BCUT2D eigenvalue weighted by Gasteiger charge is -2.20. The van der Waals surface area contributed by atoms with E-state index in [-0.39, 0.29) is 18.4 Å². The summed E-state index contributed by atoms with van der Waals surface area (Å²) in [5.41, 5.74) is 1.99. The minimum Gasteiger partial charge on any atom is -0.465 e. The molecular formula is C12H14N2O3. The van der Waals surface area contributed by atoms with Crippen LogP contribution in [0.25, 0.3) is 0 Å². The van der Waals surface area contributed by atoms with Gasteiger partial charge in [0, 0.05) is 6.42 Å². The lowest BCUT2D eigenvalue weighted by molar-refractivity contribution is -0.119. The first-order chi connectivity index (χ1) is 8.08. The number of carbonyl (C=O) groups excluding carboxylic acids is 1. The highest BCUT2D eigenvalue weighted by atomic mass is 16.4. The number of carbonyl (C=O) groups is 2. The summed E-state index contributed by atoms with van der Waals surface area (Å²) in [6.07, 6.45) is -0.921. The van der Waals surface area contributed by atoms with Crippen LogP contribution >= 0.6 is 0 Å². The van der Waals surface area contributed by atoms with Gasteiger partial charge in [0.25, 0.3) is 0 Å². The van der Waals surface area contributed by atoms with Crippen LogP contribution in [-0.2, 0) is 4.79 Å². The van der Waals surface area contributed by atoms with Gasteiger partial charge in [-0.1, -0.05) is 24.3 Å². The molecule has 5 heteroatoms. The molecule has 0 spiro atoms. The summed E-state index contributed by atoms with van der Waals surface area (Å²) >= 11 is 0. The van der Waals surface area contributed by atoms with Gasteiger partial charge < -0.3 is 15.7 Å². The monoisotopic (exact) mass is 234 g/mol. The molecule has 3 N–H and O–H groups in total. The van der Waals surface area contributed by atoms with E-state index in [1.54, 1.807) is 0 Å². The van der Waals surface area contributed by atoms with Crippen molar-refractivity contribution < 1.29 is 14.7 Å². The Labute approximate surface area is 98.8 Å². The largest absolute Gasteiger partial charge is 0.465 e. The van der Waals surface area contributed by atoms with Crippen molar-refractivity contribution in [2.75, 3.05) is 0 Å². The first-order valence-electron chi connectivity index (χ1n) is 5.42. The number of nitrogens with one attached hydrogen (secondary N) is 2. The van der Waals surface area contributed by atoms with Gasteiger partial charge in [-0.2, -0.15) is 0 Å². The highest BCUT2D eigenvalue weighted by Gasteiger charge is 2.35. The van der Waals surface area contributed by atoms with Crippen LogP contribution < -0.4 is 10.6 Å². The second-order valence-electron chi connectivity index (χ2n) is 4.16. The molecule has 0 aliphatic carbocycles. The number of hydrogen-bond donors (Lipinski definition) is 3. The summed E-state index contributed by atoms with van der Waals surface area (Å²) in [4.78, 5) is 22.1. The Morgan fingerprint density at radius 1 is 1.47 bits per heavy atom. The molecule has 17 heavy (non-hydrogen) atoms. The van der Waals surface area contributed by atoms with Gasteiger partial charge in [-0.15, -0.1) is 0 Å². The minimum absolute atomic E-state index is 0.128. The number of aryl methyl sites for hydroxylation is 1. The van der Waals surface area contributed by atoms with Crippen LogP contribution in [0.15, 0.2) is 24.3 Å². The SMILES string of the molecule is Cc1ccccc1C1NC(=O)CC1NC(=O)O. The maximum atomic E-state index is 11.4. The predicted molar refractivity (Wildman–Crippen MR) is 61.6 cm³/mol. The molecule has 1 aromatic rings. The molecule has 2 unspecified atom stereocenters. The quantitative estimate of drug-likeness (QED) is 0.719. The van der Waals surface area contributed by atoms with Crippen LogP contribution in [0.4, 0.5) is 4.79 Å². The van der Waals surface area contributed by atoms with Crippen molar-refractivity contribution in [3.05, 3.63) is 35.4 Å². The van der Waals surface area contributed by atoms with Crippen molar-refractivity contribution in [3.63, 3.8) is 0 Å².